The van der Waals surface area contributed by atoms with Crippen molar-refractivity contribution in [3.63, 3.8) is 0 Å². The van der Waals surface area contributed by atoms with Crippen LogP contribution in [-0.2, 0) is 14.8 Å². The van der Waals surface area contributed by atoms with Crippen LogP contribution in [0.25, 0.3) is 0 Å². The molecule has 1 aromatic rings. The molecule has 1 heterocycles. The fraction of sp³-hybridized carbons (Fsp3) is 0.500. The van der Waals surface area contributed by atoms with Crippen LogP contribution < -0.4 is 10.5 Å². The monoisotopic (exact) mass is 311 g/mol. The predicted octanol–water partition coefficient (Wildman–Crippen LogP) is 0.868. The number of nitrogen functional groups attached to an aromatic ring is 1. The van der Waals surface area contributed by atoms with Crippen molar-refractivity contribution in [2.24, 2.45) is 0 Å². The molecule has 0 spiro atoms. The number of likely N-dealkylation sites (tertiary alicyclic amines) is 1. The van der Waals surface area contributed by atoms with Crippen LogP contribution in [0.5, 0.6) is 0 Å². The fourth-order valence-electron chi connectivity index (χ4n) is 2.40. The average Bonchev–Trinajstić information content (AvgIpc) is 2.45. The number of hydrogen-bond donors (Lipinski definition) is 2. The second kappa shape index (κ2) is 6.44. The Hall–Kier alpha value is -1.60. The molecule has 21 heavy (non-hydrogen) atoms. The maximum absolute atomic E-state index is 12.2. The second-order valence-corrected chi connectivity index (χ2v) is 7.04. The molecule has 2 rings (SSSR count). The first-order valence-corrected chi connectivity index (χ1v) is 8.52. The Labute approximate surface area is 125 Å². The van der Waals surface area contributed by atoms with Gasteiger partial charge in [-0.3, -0.25) is 4.79 Å². The summed E-state index contributed by atoms with van der Waals surface area (Å²) in [5.41, 5.74) is 6.82. The summed E-state index contributed by atoms with van der Waals surface area (Å²) < 4.78 is 26.7. The number of anilines is 1. The van der Waals surface area contributed by atoms with Gasteiger partial charge in [-0.15, -0.1) is 0 Å². The maximum Gasteiger partial charge on any atom is 0.243 e. The summed E-state index contributed by atoms with van der Waals surface area (Å²) in [6, 6.07) is 4.73. The number of nitrogens with zero attached hydrogens (tertiary/aromatic N) is 1. The second-order valence-electron chi connectivity index (χ2n) is 5.31. The summed E-state index contributed by atoms with van der Waals surface area (Å²) in [7, 11) is -3.76. The molecule has 3 N–H and O–H groups in total. The third kappa shape index (κ3) is 3.95. The number of rotatable bonds is 4. The molecule has 1 amide bonds. The van der Waals surface area contributed by atoms with Gasteiger partial charge in [0.25, 0.3) is 0 Å². The van der Waals surface area contributed by atoms with Crippen LogP contribution in [-0.4, -0.2) is 38.9 Å². The van der Waals surface area contributed by atoms with Gasteiger partial charge >= 0.3 is 0 Å². The molecule has 0 radical (unpaired) electrons. The zero-order valence-electron chi connectivity index (χ0n) is 12.1. The van der Waals surface area contributed by atoms with E-state index in [1.807, 2.05) is 6.92 Å². The number of hydrogen-bond acceptors (Lipinski definition) is 4. The molecular formula is C14H21N3O3S. The molecule has 0 saturated carbocycles. The Kier molecular flexibility index (Phi) is 4.84. The van der Waals surface area contributed by atoms with E-state index in [1.54, 1.807) is 17.0 Å². The zero-order chi connectivity index (χ0) is 15.5. The molecule has 0 unspecified atom stereocenters. The van der Waals surface area contributed by atoms with Crippen LogP contribution in [0.1, 0.15) is 24.8 Å². The van der Waals surface area contributed by atoms with Gasteiger partial charge in [0, 0.05) is 13.1 Å². The van der Waals surface area contributed by atoms with Crippen molar-refractivity contribution in [1.29, 1.82) is 0 Å². The summed E-state index contributed by atoms with van der Waals surface area (Å²) >= 11 is 0. The highest BCUT2D eigenvalue weighted by atomic mass is 32.2. The fourth-order valence-corrected chi connectivity index (χ4v) is 3.49. The summed E-state index contributed by atoms with van der Waals surface area (Å²) in [4.78, 5) is 13.7. The predicted molar refractivity (Wildman–Crippen MR) is 81.2 cm³/mol. The number of amides is 1. The van der Waals surface area contributed by atoms with Crippen LogP contribution in [0.15, 0.2) is 23.1 Å². The van der Waals surface area contributed by atoms with E-state index in [0.717, 1.165) is 24.8 Å². The first kappa shape index (κ1) is 15.8. The van der Waals surface area contributed by atoms with Gasteiger partial charge in [-0.25, -0.2) is 13.1 Å². The number of piperidine rings is 1. The van der Waals surface area contributed by atoms with E-state index in [1.165, 1.54) is 6.07 Å². The average molecular weight is 311 g/mol. The van der Waals surface area contributed by atoms with Gasteiger partial charge < -0.3 is 10.6 Å². The number of aryl methyl sites for hydroxylation is 1. The number of nitrogens with two attached hydrogens (primary N) is 1. The molecule has 1 aliphatic heterocycles. The Morgan fingerprint density at radius 3 is 2.57 bits per heavy atom. The summed E-state index contributed by atoms with van der Waals surface area (Å²) in [6.45, 7) is 3.01. The van der Waals surface area contributed by atoms with Crippen LogP contribution in [0.3, 0.4) is 0 Å². The topological polar surface area (TPSA) is 92.5 Å². The SMILES string of the molecule is Cc1ccc(S(=O)(=O)NCC(=O)N2CCCCC2)c(N)c1. The molecule has 0 aromatic heterocycles. The quantitative estimate of drug-likeness (QED) is 0.807. The number of sulfonamides is 1. The normalized spacial score (nSPS) is 16.0. The summed E-state index contributed by atoms with van der Waals surface area (Å²) in [5, 5.41) is 0. The van der Waals surface area contributed by atoms with Crippen LogP contribution in [0.4, 0.5) is 5.69 Å². The Balaban J connectivity index is 2.02. The van der Waals surface area contributed by atoms with E-state index in [-0.39, 0.29) is 23.0 Å². The van der Waals surface area contributed by atoms with Gasteiger partial charge in [0.1, 0.15) is 4.90 Å². The molecule has 1 aliphatic rings. The number of nitrogens with one attached hydrogen (secondary N) is 1. The smallest absolute Gasteiger partial charge is 0.243 e. The van der Waals surface area contributed by atoms with E-state index in [9.17, 15) is 13.2 Å². The van der Waals surface area contributed by atoms with Crippen LogP contribution in [0.2, 0.25) is 0 Å². The van der Waals surface area contributed by atoms with E-state index in [0.29, 0.717) is 13.1 Å². The highest BCUT2D eigenvalue weighted by Gasteiger charge is 2.21. The molecule has 0 aliphatic carbocycles. The van der Waals surface area contributed by atoms with Crippen LogP contribution >= 0.6 is 0 Å². The van der Waals surface area contributed by atoms with Crippen molar-refractivity contribution in [2.75, 3.05) is 25.4 Å². The highest BCUT2D eigenvalue weighted by molar-refractivity contribution is 7.89. The maximum atomic E-state index is 12.2. The van der Waals surface area contributed by atoms with Crippen molar-refractivity contribution < 1.29 is 13.2 Å². The van der Waals surface area contributed by atoms with Crippen LogP contribution in [0, 0.1) is 6.92 Å². The first-order valence-electron chi connectivity index (χ1n) is 7.04. The van der Waals surface area contributed by atoms with Gasteiger partial charge in [0.2, 0.25) is 15.9 Å². The minimum Gasteiger partial charge on any atom is -0.398 e. The molecule has 7 heteroatoms. The Morgan fingerprint density at radius 1 is 1.29 bits per heavy atom. The lowest BCUT2D eigenvalue weighted by molar-refractivity contribution is -0.130. The summed E-state index contributed by atoms with van der Waals surface area (Å²) in [5.74, 6) is -0.191. The van der Waals surface area contributed by atoms with Gasteiger partial charge in [-0.2, -0.15) is 0 Å². The Morgan fingerprint density at radius 2 is 1.95 bits per heavy atom. The van der Waals surface area contributed by atoms with E-state index < -0.39 is 10.0 Å². The third-order valence-electron chi connectivity index (χ3n) is 3.58. The molecular weight excluding hydrogens is 290 g/mol. The molecule has 0 atom stereocenters. The Bertz CT molecular complexity index is 622. The van der Waals surface area contributed by atoms with Gasteiger partial charge in [-0.05, 0) is 43.9 Å². The number of carbonyl (C=O) groups excluding carboxylic acids is 1. The van der Waals surface area contributed by atoms with Crippen molar-refractivity contribution in [2.45, 2.75) is 31.1 Å². The summed E-state index contributed by atoms with van der Waals surface area (Å²) in [6.07, 6.45) is 3.07. The molecule has 1 saturated heterocycles. The van der Waals surface area contributed by atoms with E-state index >= 15 is 0 Å². The molecule has 0 bridgehead atoms. The lowest BCUT2D eigenvalue weighted by Gasteiger charge is -2.26. The minimum atomic E-state index is -3.76. The standard InChI is InChI=1S/C14H21N3O3S/c1-11-5-6-13(12(15)9-11)21(19,20)16-10-14(18)17-7-3-2-4-8-17/h5-6,9,16H,2-4,7-8,10,15H2,1H3. The largest absolute Gasteiger partial charge is 0.398 e. The number of benzene rings is 1. The van der Waals surface area contributed by atoms with E-state index in [4.69, 9.17) is 5.73 Å². The van der Waals surface area contributed by atoms with E-state index in [2.05, 4.69) is 4.72 Å². The van der Waals surface area contributed by atoms with Gasteiger partial charge in [-0.1, -0.05) is 6.07 Å². The lowest BCUT2D eigenvalue weighted by atomic mass is 10.1. The molecule has 1 aromatic carbocycles. The molecule has 1 fully saturated rings. The first-order chi connectivity index (χ1) is 9.90. The third-order valence-corrected chi connectivity index (χ3v) is 5.05. The molecule has 116 valence electrons. The minimum absolute atomic E-state index is 0.0135. The van der Waals surface area contributed by atoms with Crippen molar-refractivity contribution in [1.82, 2.24) is 9.62 Å². The van der Waals surface area contributed by atoms with Gasteiger partial charge in [0.05, 0.1) is 12.2 Å². The van der Waals surface area contributed by atoms with Crippen molar-refractivity contribution in [3.8, 4) is 0 Å². The molecule has 6 nitrogen and oxygen atoms in total. The zero-order valence-corrected chi connectivity index (χ0v) is 12.9. The number of carbonyl (C=O) groups is 1. The highest BCUT2D eigenvalue weighted by Crippen LogP contribution is 2.19. The van der Waals surface area contributed by atoms with Crippen molar-refractivity contribution >= 4 is 21.6 Å². The van der Waals surface area contributed by atoms with Gasteiger partial charge in [0.15, 0.2) is 0 Å². The van der Waals surface area contributed by atoms with Crippen molar-refractivity contribution in [3.05, 3.63) is 23.8 Å². The lowest BCUT2D eigenvalue weighted by Crippen LogP contribution is -2.42.